The minimum Gasteiger partial charge on any atom is -0.376 e. The average molecular weight is 440 g/mol. The Bertz CT molecular complexity index is 910. The molecule has 0 spiro atoms. The van der Waals surface area contributed by atoms with E-state index in [-0.39, 0.29) is 18.5 Å². The lowest BCUT2D eigenvalue weighted by atomic mass is 9.96. The summed E-state index contributed by atoms with van der Waals surface area (Å²) in [5, 5.41) is 18.4. The van der Waals surface area contributed by atoms with Crippen molar-refractivity contribution < 1.29 is 26.7 Å². The lowest BCUT2D eigenvalue weighted by molar-refractivity contribution is -0.258. The van der Waals surface area contributed by atoms with E-state index in [2.05, 4.69) is 15.9 Å². The molecular weight excluding hydrogens is 431 g/mol. The molecule has 0 bridgehead atoms. The van der Waals surface area contributed by atoms with Crippen molar-refractivity contribution in [1.29, 1.82) is 5.26 Å². The number of alkyl halides is 3. The SMILES string of the molecule is C[C@](O)(c1ccc(S(=O)(=O)c2sc(C#N)cc2Br)cc1)C(F)(F)F. The van der Waals surface area contributed by atoms with Crippen molar-refractivity contribution in [3.8, 4) is 6.07 Å². The first-order valence-electron chi connectivity index (χ1n) is 6.25. The first-order chi connectivity index (χ1) is 10.9. The standard InChI is InChI=1S/C14H9BrF3NO3S2/c1-13(20,14(16,17)18)8-2-4-10(5-3-8)24(21,22)12-11(15)6-9(7-19)23-12/h2-6,20H,1H3/t13-/m0/s1. The van der Waals surface area contributed by atoms with Gasteiger partial charge in [0.25, 0.3) is 0 Å². The van der Waals surface area contributed by atoms with Gasteiger partial charge in [-0.05, 0) is 46.6 Å². The summed E-state index contributed by atoms with van der Waals surface area (Å²) in [4.78, 5) is -0.0617. The van der Waals surface area contributed by atoms with Gasteiger partial charge in [-0.15, -0.1) is 11.3 Å². The molecule has 0 aliphatic carbocycles. The molecular formula is C14H9BrF3NO3S2. The number of hydrogen-bond acceptors (Lipinski definition) is 5. The van der Waals surface area contributed by atoms with Crippen molar-refractivity contribution >= 4 is 37.1 Å². The van der Waals surface area contributed by atoms with Crippen LogP contribution in [0.4, 0.5) is 13.2 Å². The highest BCUT2D eigenvalue weighted by atomic mass is 79.9. The Labute approximate surface area is 148 Å². The Morgan fingerprint density at radius 3 is 2.21 bits per heavy atom. The van der Waals surface area contributed by atoms with Crippen LogP contribution >= 0.6 is 27.3 Å². The first-order valence-corrected chi connectivity index (χ1v) is 9.34. The molecule has 2 aromatic rings. The van der Waals surface area contributed by atoms with Crippen LogP contribution in [0.1, 0.15) is 17.4 Å². The molecule has 0 radical (unpaired) electrons. The van der Waals surface area contributed by atoms with Gasteiger partial charge in [0.15, 0.2) is 5.60 Å². The van der Waals surface area contributed by atoms with Gasteiger partial charge in [-0.2, -0.15) is 18.4 Å². The zero-order valence-corrected chi connectivity index (χ0v) is 15.1. The maximum absolute atomic E-state index is 12.8. The van der Waals surface area contributed by atoms with Crippen molar-refractivity contribution in [1.82, 2.24) is 0 Å². The fourth-order valence-corrected chi connectivity index (χ4v) is 5.68. The van der Waals surface area contributed by atoms with E-state index in [1.54, 1.807) is 0 Å². The van der Waals surface area contributed by atoms with Crippen LogP contribution in [-0.2, 0) is 15.4 Å². The largest absolute Gasteiger partial charge is 0.421 e. The fraction of sp³-hybridized carbons (Fsp3) is 0.214. The highest BCUT2D eigenvalue weighted by Crippen LogP contribution is 2.40. The normalized spacial score (nSPS) is 14.9. The Hall–Kier alpha value is -1.41. The number of benzene rings is 1. The summed E-state index contributed by atoms with van der Waals surface area (Å²) in [7, 11) is -4.00. The van der Waals surface area contributed by atoms with Gasteiger partial charge in [0.05, 0.1) is 4.90 Å². The summed E-state index contributed by atoms with van der Waals surface area (Å²) >= 11 is 3.80. The third-order valence-electron chi connectivity index (χ3n) is 3.29. The van der Waals surface area contributed by atoms with E-state index < -0.39 is 27.2 Å². The molecule has 0 saturated heterocycles. The smallest absolute Gasteiger partial charge is 0.376 e. The summed E-state index contributed by atoms with van der Waals surface area (Å²) < 4.78 is 63.6. The van der Waals surface area contributed by atoms with Crippen LogP contribution in [0, 0.1) is 11.3 Å². The van der Waals surface area contributed by atoms with Gasteiger partial charge in [-0.25, -0.2) is 8.42 Å². The zero-order chi connectivity index (χ0) is 18.3. The van der Waals surface area contributed by atoms with Gasteiger partial charge in [0, 0.05) is 4.47 Å². The van der Waals surface area contributed by atoms with Gasteiger partial charge in [-0.1, -0.05) is 12.1 Å². The van der Waals surface area contributed by atoms with Crippen LogP contribution < -0.4 is 0 Å². The Morgan fingerprint density at radius 1 is 1.25 bits per heavy atom. The number of nitrogens with zero attached hydrogens (tertiary/aromatic N) is 1. The minimum absolute atomic E-state index is 0.116. The van der Waals surface area contributed by atoms with Crippen molar-refractivity contribution in [2.75, 3.05) is 0 Å². The predicted octanol–water partition coefficient (Wildman–Crippen LogP) is 3.98. The second kappa shape index (κ2) is 6.15. The molecule has 128 valence electrons. The molecule has 1 heterocycles. The van der Waals surface area contributed by atoms with Crippen molar-refractivity contribution in [2.45, 2.75) is 27.8 Å². The number of thiophene rings is 1. The summed E-state index contributed by atoms with van der Waals surface area (Å²) in [5.74, 6) is 0. The molecule has 0 unspecified atom stereocenters. The second-order valence-corrected chi connectivity index (χ2v) is 9.01. The monoisotopic (exact) mass is 439 g/mol. The maximum Gasteiger partial charge on any atom is 0.421 e. The van der Waals surface area contributed by atoms with Crippen LogP contribution in [0.5, 0.6) is 0 Å². The zero-order valence-electron chi connectivity index (χ0n) is 11.9. The summed E-state index contributed by atoms with van der Waals surface area (Å²) in [6.45, 7) is 0.589. The average Bonchev–Trinajstić information content (AvgIpc) is 2.88. The van der Waals surface area contributed by atoms with Crippen LogP contribution in [0.25, 0.3) is 0 Å². The second-order valence-electron chi connectivity index (χ2n) is 4.96. The number of nitriles is 1. The highest BCUT2D eigenvalue weighted by Gasteiger charge is 2.51. The molecule has 1 atom stereocenters. The topological polar surface area (TPSA) is 78.2 Å². The van der Waals surface area contributed by atoms with Crippen molar-refractivity contribution in [3.63, 3.8) is 0 Å². The van der Waals surface area contributed by atoms with E-state index in [4.69, 9.17) is 5.26 Å². The summed E-state index contributed by atoms with van der Waals surface area (Å²) in [6, 6.07) is 6.97. The summed E-state index contributed by atoms with van der Waals surface area (Å²) in [5.41, 5.74) is -3.57. The van der Waals surface area contributed by atoms with Crippen molar-refractivity contribution in [3.05, 3.63) is 45.2 Å². The molecule has 1 aromatic carbocycles. The Morgan fingerprint density at radius 2 is 1.79 bits per heavy atom. The van der Waals surface area contributed by atoms with Gasteiger partial charge in [0.1, 0.15) is 15.2 Å². The van der Waals surface area contributed by atoms with Gasteiger partial charge >= 0.3 is 6.18 Å². The minimum atomic E-state index is -4.90. The van der Waals surface area contributed by atoms with Crippen LogP contribution in [-0.4, -0.2) is 19.7 Å². The van der Waals surface area contributed by atoms with Gasteiger partial charge in [0.2, 0.25) is 9.84 Å². The van der Waals surface area contributed by atoms with Crippen LogP contribution in [0.2, 0.25) is 0 Å². The highest BCUT2D eigenvalue weighted by molar-refractivity contribution is 9.10. The molecule has 0 saturated carbocycles. The molecule has 1 N–H and O–H groups in total. The van der Waals surface area contributed by atoms with Gasteiger partial charge < -0.3 is 5.11 Å². The van der Waals surface area contributed by atoms with Crippen LogP contribution in [0.15, 0.2) is 43.9 Å². The lowest BCUT2D eigenvalue weighted by Gasteiger charge is -2.26. The first kappa shape index (κ1) is 18.9. The fourth-order valence-electron chi connectivity index (χ4n) is 1.82. The Balaban J connectivity index is 2.48. The molecule has 0 amide bonds. The molecule has 2 rings (SSSR count). The number of hydrogen-bond donors (Lipinski definition) is 1. The van der Waals surface area contributed by atoms with E-state index in [1.165, 1.54) is 6.07 Å². The molecule has 0 aliphatic heterocycles. The Kier molecular flexibility index (Phi) is 4.85. The lowest BCUT2D eigenvalue weighted by Crippen LogP contribution is -2.39. The molecule has 10 heteroatoms. The summed E-state index contributed by atoms with van der Waals surface area (Å²) in [6.07, 6.45) is -4.90. The number of sulfone groups is 1. The molecule has 0 aliphatic rings. The van der Waals surface area contributed by atoms with E-state index in [0.717, 1.165) is 35.6 Å². The van der Waals surface area contributed by atoms with E-state index >= 15 is 0 Å². The molecule has 24 heavy (non-hydrogen) atoms. The number of halogens is 4. The third kappa shape index (κ3) is 3.21. The van der Waals surface area contributed by atoms with E-state index in [1.807, 2.05) is 6.07 Å². The van der Waals surface area contributed by atoms with Crippen molar-refractivity contribution in [2.24, 2.45) is 0 Å². The molecule has 0 fully saturated rings. The molecule has 1 aromatic heterocycles. The van der Waals surface area contributed by atoms with Gasteiger partial charge in [-0.3, -0.25) is 0 Å². The molecule has 4 nitrogen and oxygen atoms in total. The van der Waals surface area contributed by atoms with E-state index in [0.29, 0.717) is 6.92 Å². The number of aliphatic hydroxyl groups is 1. The number of rotatable bonds is 3. The predicted molar refractivity (Wildman–Crippen MR) is 84.3 cm³/mol. The quantitative estimate of drug-likeness (QED) is 0.783. The van der Waals surface area contributed by atoms with E-state index in [9.17, 15) is 26.7 Å². The maximum atomic E-state index is 12.8. The van der Waals surface area contributed by atoms with Crippen LogP contribution in [0.3, 0.4) is 0 Å². The third-order valence-corrected chi connectivity index (χ3v) is 7.78.